The third-order valence-corrected chi connectivity index (χ3v) is 14.3. The molecule has 0 heterocycles. The van der Waals surface area contributed by atoms with Gasteiger partial charge in [-0.1, -0.05) is 268 Å². The van der Waals surface area contributed by atoms with E-state index in [4.69, 9.17) is 18.5 Å². The van der Waals surface area contributed by atoms with Crippen LogP contribution in [0.5, 0.6) is 0 Å². The number of phosphoric ester groups is 1. The van der Waals surface area contributed by atoms with Gasteiger partial charge in [0.2, 0.25) is 0 Å². The predicted molar refractivity (Wildman–Crippen MR) is 305 cm³/mol. The van der Waals surface area contributed by atoms with Crippen LogP contribution in [0.2, 0.25) is 0 Å². The lowest BCUT2D eigenvalue weighted by atomic mass is 10.0. The lowest BCUT2D eigenvalue weighted by molar-refractivity contribution is -0.870. The summed E-state index contributed by atoms with van der Waals surface area (Å²) in [5.41, 5.74) is 0. The molecule has 2 atom stereocenters. The Morgan fingerprint density at radius 3 is 1.18 bits per heavy atom. The van der Waals surface area contributed by atoms with Crippen LogP contribution in [0.15, 0.2) is 48.6 Å². The minimum absolute atomic E-state index is 0.0312. The Balaban J connectivity index is 4.11. The van der Waals surface area contributed by atoms with Gasteiger partial charge in [-0.15, -0.1) is 0 Å². The fourth-order valence-electron chi connectivity index (χ4n) is 8.71. The molecule has 0 aliphatic carbocycles. The molecule has 0 rings (SSSR count). The van der Waals surface area contributed by atoms with E-state index in [1.54, 1.807) is 0 Å². The van der Waals surface area contributed by atoms with E-state index in [0.29, 0.717) is 17.4 Å². The average molecular weight is 1030 g/mol. The van der Waals surface area contributed by atoms with E-state index in [9.17, 15) is 19.0 Å². The van der Waals surface area contributed by atoms with Crippen LogP contribution in [-0.2, 0) is 32.7 Å². The maximum Gasteiger partial charge on any atom is 0.306 e. The van der Waals surface area contributed by atoms with Crippen molar-refractivity contribution in [1.82, 2.24) is 0 Å². The SMILES string of the molecule is CC/C=C\C/C=C\C/C=C\C/C=C\CCCCCCCCCCCCC(=O)OC(COC(=O)CCCCCCCCCCCCCCCCCCCCCCCCCCC)COP(=O)([O-])OCC[N+](C)(C)C. The molecule has 0 aliphatic heterocycles. The quantitative estimate of drug-likeness (QED) is 0.0195. The van der Waals surface area contributed by atoms with Gasteiger partial charge in [0.25, 0.3) is 7.82 Å². The van der Waals surface area contributed by atoms with Gasteiger partial charge in [-0.2, -0.15) is 0 Å². The van der Waals surface area contributed by atoms with Crippen molar-refractivity contribution in [2.24, 2.45) is 0 Å². The molecule has 0 radical (unpaired) electrons. The van der Waals surface area contributed by atoms with E-state index >= 15 is 0 Å². The molecule has 72 heavy (non-hydrogen) atoms. The normalized spacial score (nSPS) is 13.6. The van der Waals surface area contributed by atoms with Crippen molar-refractivity contribution < 1.29 is 42.1 Å². The lowest BCUT2D eigenvalue weighted by Gasteiger charge is -2.28. The summed E-state index contributed by atoms with van der Waals surface area (Å²) in [5, 5.41) is 0. The zero-order chi connectivity index (χ0) is 52.7. The van der Waals surface area contributed by atoms with Gasteiger partial charge in [0.05, 0.1) is 27.7 Å². The Kier molecular flexibility index (Phi) is 52.3. The summed E-state index contributed by atoms with van der Waals surface area (Å²) in [6.45, 7) is 4.17. The van der Waals surface area contributed by atoms with E-state index in [1.807, 2.05) is 21.1 Å². The zero-order valence-corrected chi connectivity index (χ0v) is 48.8. The van der Waals surface area contributed by atoms with Crippen molar-refractivity contribution in [1.29, 1.82) is 0 Å². The number of quaternary nitrogens is 1. The highest BCUT2D eigenvalue weighted by Gasteiger charge is 2.22. The first-order valence-corrected chi connectivity index (χ1v) is 31.8. The number of phosphoric acid groups is 1. The Hall–Kier alpha value is -2.03. The van der Waals surface area contributed by atoms with E-state index in [0.717, 1.165) is 70.6 Å². The molecule has 0 aliphatic rings. The largest absolute Gasteiger partial charge is 0.756 e. The van der Waals surface area contributed by atoms with Crippen molar-refractivity contribution >= 4 is 19.8 Å². The van der Waals surface area contributed by atoms with Gasteiger partial charge in [0.15, 0.2) is 6.10 Å². The minimum atomic E-state index is -4.64. The maximum absolute atomic E-state index is 12.8. The number of ether oxygens (including phenoxy) is 2. The van der Waals surface area contributed by atoms with Crippen LogP contribution in [0.3, 0.4) is 0 Å². The molecule has 0 aromatic carbocycles. The number of carbonyl (C=O) groups is 2. The molecule has 0 bridgehead atoms. The molecular formula is C62H116NO8P. The molecular weight excluding hydrogens is 918 g/mol. The number of likely N-dealkylation sites (N-methyl/N-ethyl adjacent to an activating group) is 1. The number of allylic oxidation sites excluding steroid dienone is 8. The predicted octanol–water partition coefficient (Wildman–Crippen LogP) is 18.3. The Morgan fingerprint density at radius 1 is 0.444 bits per heavy atom. The Morgan fingerprint density at radius 2 is 0.792 bits per heavy atom. The topological polar surface area (TPSA) is 111 Å². The number of esters is 2. The van der Waals surface area contributed by atoms with Gasteiger partial charge < -0.3 is 27.9 Å². The molecule has 10 heteroatoms. The van der Waals surface area contributed by atoms with E-state index in [2.05, 4.69) is 62.5 Å². The summed E-state index contributed by atoms with van der Waals surface area (Å²) >= 11 is 0. The fraction of sp³-hybridized carbons (Fsp3) is 0.839. The van der Waals surface area contributed by atoms with Gasteiger partial charge in [-0.05, 0) is 51.4 Å². The van der Waals surface area contributed by atoms with E-state index in [1.165, 1.54) is 180 Å². The van der Waals surface area contributed by atoms with Gasteiger partial charge in [0, 0.05) is 12.8 Å². The van der Waals surface area contributed by atoms with Gasteiger partial charge in [-0.3, -0.25) is 14.2 Å². The number of carbonyl (C=O) groups excluding carboxylic acids is 2. The van der Waals surface area contributed by atoms with Crippen LogP contribution < -0.4 is 4.89 Å². The number of hydrogen-bond acceptors (Lipinski definition) is 8. The first kappa shape index (κ1) is 70.0. The van der Waals surface area contributed by atoms with Gasteiger partial charge in [0.1, 0.15) is 19.8 Å². The van der Waals surface area contributed by atoms with Gasteiger partial charge in [-0.25, -0.2) is 0 Å². The summed E-state index contributed by atoms with van der Waals surface area (Å²) in [4.78, 5) is 37.9. The monoisotopic (exact) mass is 1030 g/mol. The Bertz CT molecular complexity index is 1360. The second-order valence-corrected chi connectivity index (χ2v) is 23.1. The van der Waals surface area contributed by atoms with Crippen LogP contribution >= 0.6 is 7.82 Å². The first-order chi connectivity index (χ1) is 35.0. The summed E-state index contributed by atoms with van der Waals surface area (Å²) in [5.74, 6) is -0.826. The molecule has 2 unspecified atom stereocenters. The molecule has 0 spiro atoms. The van der Waals surface area contributed by atoms with Crippen LogP contribution in [0.4, 0.5) is 0 Å². The fourth-order valence-corrected chi connectivity index (χ4v) is 9.44. The smallest absolute Gasteiger partial charge is 0.306 e. The standard InChI is InChI=1S/C62H116NO8P/c1-6-8-10-12-14-16-18-20-22-24-26-28-30-31-33-34-36-38-40-42-44-46-48-50-52-54-61(64)68-58-60(59-70-72(66,67)69-57-56-63(3,4)5)71-62(65)55-53-51-49-47-45-43-41-39-37-35-32-29-27-25-23-21-19-17-15-13-11-9-7-2/h9,11,15,17,21,23,27,29,60H,6-8,10,12-14,16,18-20,22,24-26,28,30-59H2,1-5H3/b11-9-,17-15-,23-21-,29-27-. The first-order valence-electron chi connectivity index (χ1n) is 30.3. The highest BCUT2D eigenvalue weighted by Crippen LogP contribution is 2.38. The Labute approximate surface area is 445 Å². The van der Waals surface area contributed by atoms with Gasteiger partial charge >= 0.3 is 11.9 Å². The van der Waals surface area contributed by atoms with Crippen molar-refractivity contribution in [3.05, 3.63) is 48.6 Å². The van der Waals surface area contributed by atoms with Crippen LogP contribution in [0.25, 0.3) is 0 Å². The zero-order valence-electron chi connectivity index (χ0n) is 47.9. The molecule has 0 aromatic heterocycles. The van der Waals surface area contributed by atoms with Crippen molar-refractivity contribution in [2.45, 2.75) is 290 Å². The molecule has 0 amide bonds. The molecule has 0 saturated heterocycles. The average Bonchev–Trinajstić information content (AvgIpc) is 3.34. The molecule has 0 N–H and O–H groups in total. The highest BCUT2D eigenvalue weighted by molar-refractivity contribution is 7.45. The van der Waals surface area contributed by atoms with E-state index < -0.39 is 26.5 Å². The van der Waals surface area contributed by atoms with Crippen molar-refractivity contribution in [3.63, 3.8) is 0 Å². The van der Waals surface area contributed by atoms with Crippen LogP contribution in [0, 0.1) is 0 Å². The van der Waals surface area contributed by atoms with Crippen molar-refractivity contribution in [2.75, 3.05) is 47.5 Å². The second-order valence-electron chi connectivity index (χ2n) is 21.7. The molecule has 422 valence electrons. The number of nitrogens with zero attached hydrogens (tertiary/aromatic N) is 1. The number of hydrogen-bond donors (Lipinski definition) is 0. The number of rotatable bonds is 56. The second kappa shape index (κ2) is 53.8. The molecule has 0 fully saturated rings. The van der Waals surface area contributed by atoms with Crippen molar-refractivity contribution in [3.8, 4) is 0 Å². The number of unbranched alkanes of at least 4 members (excludes halogenated alkanes) is 34. The van der Waals surface area contributed by atoms with E-state index in [-0.39, 0.29) is 32.0 Å². The maximum atomic E-state index is 12.8. The molecule has 0 aromatic rings. The summed E-state index contributed by atoms with van der Waals surface area (Å²) < 4.78 is 34.2. The third-order valence-electron chi connectivity index (χ3n) is 13.4. The van der Waals surface area contributed by atoms with Crippen LogP contribution in [-0.4, -0.2) is 70.0 Å². The summed E-state index contributed by atoms with van der Waals surface area (Å²) in [6, 6.07) is 0. The third kappa shape index (κ3) is 57.3. The highest BCUT2D eigenvalue weighted by atomic mass is 31.2. The minimum Gasteiger partial charge on any atom is -0.756 e. The summed E-state index contributed by atoms with van der Waals surface area (Å²) in [6.07, 6.45) is 67.3. The summed E-state index contributed by atoms with van der Waals surface area (Å²) in [7, 11) is 1.17. The molecule has 0 saturated carbocycles. The lowest BCUT2D eigenvalue weighted by Crippen LogP contribution is -2.37. The molecule has 9 nitrogen and oxygen atoms in total. The van der Waals surface area contributed by atoms with Crippen LogP contribution in [0.1, 0.15) is 284 Å².